The number of methoxy groups -OCH3 is 1. The van der Waals surface area contributed by atoms with Crippen LogP contribution in [0.25, 0.3) is 0 Å². The van der Waals surface area contributed by atoms with E-state index in [1.165, 1.54) is 0 Å². The van der Waals surface area contributed by atoms with Crippen molar-refractivity contribution >= 4 is 11.6 Å². The van der Waals surface area contributed by atoms with Crippen molar-refractivity contribution in [3.8, 4) is 5.75 Å². The Hall–Kier alpha value is -2.29. The molecule has 2 aromatic rings. The summed E-state index contributed by atoms with van der Waals surface area (Å²) in [6.45, 7) is 4.08. The highest BCUT2D eigenvalue weighted by atomic mass is 16.5. The fraction of sp³-hybridized carbons (Fsp3) is 0.235. The van der Waals surface area contributed by atoms with Crippen molar-refractivity contribution in [2.24, 2.45) is 0 Å². The summed E-state index contributed by atoms with van der Waals surface area (Å²) in [5, 5.41) is 3.00. The SMILES string of the molecule is CCc1cccc(C)c1NC(=O)c1ccc(OC)cc1. The number of benzene rings is 2. The van der Waals surface area contributed by atoms with Crippen LogP contribution in [-0.2, 0) is 6.42 Å². The molecule has 0 aliphatic heterocycles. The van der Waals surface area contributed by atoms with Crippen LogP contribution in [0.5, 0.6) is 5.75 Å². The smallest absolute Gasteiger partial charge is 0.255 e. The third-order valence-electron chi connectivity index (χ3n) is 3.33. The van der Waals surface area contributed by atoms with E-state index in [1.54, 1.807) is 31.4 Å². The highest BCUT2D eigenvalue weighted by Gasteiger charge is 2.10. The maximum absolute atomic E-state index is 12.3. The van der Waals surface area contributed by atoms with Gasteiger partial charge in [0, 0.05) is 11.3 Å². The summed E-state index contributed by atoms with van der Waals surface area (Å²) in [6, 6.07) is 13.1. The van der Waals surface area contributed by atoms with Crippen molar-refractivity contribution in [2.45, 2.75) is 20.3 Å². The molecule has 0 bridgehead atoms. The van der Waals surface area contributed by atoms with Crippen molar-refractivity contribution in [3.05, 3.63) is 59.2 Å². The number of carbonyl (C=O) groups is 1. The Morgan fingerprint density at radius 3 is 2.45 bits per heavy atom. The highest BCUT2D eigenvalue weighted by molar-refractivity contribution is 6.05. The number of para-hydroxylation sites is 1. The second-order valence-corrected chi connectivity index (χ2v) is 4.65. The Bertz CT molecular complexity index is 603. The molecule has 0 unspecified atom stereocenters. The lowest BCUT2D eigenvalue weighted by Crippen LogP contribution is -2.14. The number of carbonyl (C=O) groups excluding carboxylic acids is 1. The third kappa shape index (κ3) is 2.99. The van der Waals surface area contributed by atoms with Gasteiger partial charge in [0.25, 0.3) is 5.91 Å². The summed E-state index contributed by atoms with van der Waals surface area (Å²) in [7, 11) is 1.61. The zero-order valence-electron chi connectivity index (χ0n) is 12.1. The highest BCUT2D eigenvalue weighted by Crippen LogP contribution is 2.22. The summed E-state index contributed by atoms with van der Waals surface area (Å²) in [4.78, 5) is 12.3. The lowest BCUT2D eigenvalue weighted by Gasteiger charge is -2.13. The first-order chi connectivity index (χ1) is 9.65. The minimum atomic E-state index is -0.100. The monoisotopic (exact) mass is 269 g/mol. The van der Waals surface area contributed by atoms with Gasteiger partial charge in [0.15, 0.2) is 0 Å². The molecule has 2 aromatic carbocycles. The quantitative estimate of drug-likeness (QED) is 0.916. The Morgan fingerprint density at radius 2 is 1.85 bits per heavy atom. The van der Waals surface area contributed by atoms with E-state index >= 15 is 0 Å². The molecular formula is C17H19NO2. The lowest BCUT2D eigenvalue weighted by molar-refractivity contribution is 0.102. The van der Waals surface area contributed by atoms with Crippen LogP contribution in [-0.4, -0.2) is 13.0 Å². The molecule has 0 fully saturated rings. The van der Waals surface area contributed by atoms with E-state index in [2.05, 4.69) is 12.2 Å². The molecular weight excluding hydrogens is 250 g/mol. The van der Waals surface area contributed by atoms with Gasteiger partial charge in [-0.2, -0.15) is 0 Å². The van der Waals surface area contributed by atoms with Crippen LogP contribution in [0.4, 0.5) is 5.69 Å². The fourth-order valence-corrected chi connectivity index (χ4v) is 2.13. The summed E-state index contributed by atoms with van der Waals surface area (Å²) in [5.41, 5.74) is 3.75. The molecule has 104 valence electrons. The molecule has 0 aliphatic carbocycles. The Balaban J connectivity index is 2.23. The standard InChI is InChI=1S/C17H19NO2/c1-4-13-7-5-6-12(2)16(13)18-17(19)14-8-10-15(20-3)11-9-14/h5-11H,4H2,1-3H3,(H,18,19). The number of ether oxygens (including phenoxy) is 1. The number of amides is 1. The predicted octanol–water partition coefficient (Wildman–Crippen LogP) is 3.82. The molecule has 3 heteroatoms. The summed E-state index contributed by atoms with van der Waals surface area (Å²) in [6.07, 6.45) is 0.889. The zero-order valence-corrected chi connectivity index (χ0v) is 12.1. The molecule has 3 nitrogen and oxygen atoms in total. The topological polar surface area (TPSA) is 38.3 Å². The van der Waals surface area contributed by atoms with E-state index in [-0.39, 0.29) is 5.91 Å². The van der Waals surface area contributed by atoms with Crippen molar-refractivity contribution in [1.29, 1.82) is 0 Å². The van der Waals surface area contributed by atoms with E-state index in [0.717, 1.165) is 29.0 Å². The molecule has 0 radical (unpaired) electrons. The minimum absolute atomic E-state index is 0.100. The normalized spacial score (nSPS) is 10.2. The van der Waals surface area contributed by atoms with Crippen molar-refractivity contribution in [2.75, 3.05) is 12.4 Å². The number of hydrogen-bond acceptors (Lipinski definition) is 2. The van der Waals surface area contributed by atoms with Crippen LogP contribution in [0, 0.1) is 6.92 Å². The van der Waals surface area contributed by atoms with Gasteiger partial charge in [-0.3, -0.25) is 4.79 Å². The summed E-state index contributed by atoms with van der Waals surface area (Å²) in [5.74, 6) is 0.642. The van der Waals surface area contributed by atoms with Crippen LogP contribution < -0.4 is 10.1 Å². The van der Waals surface area contributed by atoms with E-state index in [9.17, 15) is 4.79 Å². The van der Waals surface area contributed by atoms with E-state index in [4.69, 9.17) is 4.74 Å². The first-order valence-electron chi connectivity index (χ1n) is 6.69. The first kappa shape index (κ1) is 14.1. The van der Waals surface area contributed by atoms with Crippen molar-refractivity contribution < 1.29 is 9.53 Å². The van der Waals surface area contributed by atoms with E-state index < -0.39 is 0 Å². The lowest BCUT2D eigenvalue weighted by atomic mass is 10.1. The van der Waals surface area contributed by atoms with Crippen LogP contribution in [0.1, 0.15) is 28.4 Å². The van der Waals surface area contributed by atoms with Gasteiger partial charge in [-0.05, 0) is 48.7 Å². The van der Waals surface area contributed by atoms with Crippen LogP contribution >= 0.6 is 0 Å². The molecule has 0 saturated heterocycles. The molecule has 0 aromatic heterocycles. The number of nitrogens with one attached hydrogen (secondary N) is 1. The van der Waals surface area contributed by atoms with Crippen LogP contribution in [0.3, 0.4) is 0 Å². The number of anilines is 1. The maximum Gasteiger partial charge on any atom is 0.255 e. The molecule has 0 aliphatic rings. The average Bonchev–Trinajstić information content (AvgIpc) is 2.49. The second-order valence-electron chi connectivity index (χ2n) is 4.65. The Morgan fingerprint density at radius 1 is 1.15 bits per heavy atom. The van der Waals surface area contributed by atoms with Gasteiger partial charge in [-0.25, -0.2) is 0 Å². The predicted molar refractivity (Wildman–Crippen MR) is 81.5 cm³/mol. The van der Waals surface area contributed by atoms with Gasteiger partial charge in [-0.15, -0.1) is 0 Å². The molecule has 0 spiro atoms. The van der Waals surface area contributed by atoms with Gasteiger partial charge in [0.05, 0.1) is 7.11 Å². The van der Waals surface area contributed by atoms with Crippen molar-refractivity contribution in [3.63, 3.8) is 0 Å². The molecule has 0 saturated carbocycles. The Labute approximate surface area is 119 Å². The number of aryl methyl sites for hydroxylation is 2. The molecule has 20 heavy (non-hydrogen) atoms. The largest absolute Gasteiger partial charge is 0.497 e. The molecule has 2 rings (SSSR count). The first-order valence-corrected chi connectivity index (χ1v) is 6.69. The minimum Gasteiger partial charge on any atom is -0.497 e. The van der Waals surface area contributed by atoms with Gasteiger partial charge < -0.3 is 10.1 Å². The average molecular weight is 269 g/mol. The number of hydrogen-bond donors (Lipinski definition) is 1. The molecule has 1 amide bonds. The molecule has 0 atom stereocenters. The maximum atomic E-state index is 12.3. The van der Waals surface area contributed by atoms with E-state index in [0.29, 0.717) is 5.56 Å². The van der Waals surface area contributed by atoms with Crippen molar-refractivity contribution in [1.82, 2.24) is 0 Å². The fourth-order valence-electron chi connectivity index (χ4n) is 2.13. The van der Waals surface area contributed by atoms with Gasteiger partial charge in [0.1, 0.15) is 5.75 Å². The zero-order chi connectivity index (χ0) is 14.5. The molecule has 1 N–H and O–H groups in total. The van der Waals surface area contributed by atoms with Crippen LogP contribution in [0.2, 0.25) is 0 Å². The third-order valence-corrected chi connectivity index (χ3v) is 3.33. The van der Waals surface area contributed by atoms with Gasteiger partial charge in [0.2, 0.25) is 0 Å². The second kappa shape index (κ2) is 6.24. The van der Waals surface area contributed by atoms with Gasteiger partial charge in [-0.1, -0.05) is 25.1 Å². The van der Waals surface area contributed by atoms with Crippen LogP contribution in [0.15, 0.2) is 42.5 Å². The summed E-state index contributed by atoms with van der Waals surface area (Å²) < 4.78 is 5.09. The molecule has 0 heterocycles. The van der Waals surface area contributed by atoms with Gasteiger partial charge >= 0.3 is 0 Å². The van der Waals surface area contributed by atoms with E-state index in [1.807, 2.05) is 25.1 Å². The number of rotatable bonds is 4. The Kier molecular flexibility index (Phi) is 4.41. The summed E-state index contributed by atoms with van der Waals surface area (Å²) >= 11 is 0.